The van der Waals surface area contributed by atoms with Crippen molar-refractivity contribution in [1.29, 1.82) is 0 Å². The van der Waals surface area contributed by atoms with Crippen molar-refractivity contribution in [2.24, 2.45) is 0 Å². The molecule has 0 fully saturated rings. The number of hydrogen-bond donors (Lipinski definition) is 0. The van der Waals surface area contributed by atoms with Crippen LogP contribution >= 0.6 is 44.8 Å². The van der Waals surface area contributed by atoms with Crippen LogP contribution in [0.25, 0.3) is 22.3 Å². The standard InChI is InChI=1S/C40H24Cl2F6N2O8S2/c1-55-23-7-13-37(29(17-23)27-19-25(5-9-33(27)49(51)52)57-35-11-3-21(15-31(35)41)39(43,44)45)59-60-38-14-8-24(56-2)18-30(38)28-20-26(6-10-34(28)50(53)54)58-36-12-4-22(16-32(36)42)40(46,47)48/h3-20H,1-2H3. The summed E-state index contributed by atoms with van der Waals surface area (Å²) in [6.45, 7) is 0. The van der Waals surface area contributed by atoms with Gasteiger partial charge in [0.15, 0.2) is 0 Å². The number of rotatable bonds is 13. The van der Waals surface area contributed by atoms with Crippen LogP contribution in [0.1, 0.15) is 11.1 Å². The van der Waals surface area contributed by atoms with Crippen LogP contribution in [-0.4, -0.2) is 24.1 Å². The smallest absolute Gasteiger partial charge is 0.416 e. The van der Waals surface area contributed by atoms with Crippen LogP contribution in [0.4, 0.5) is 37.7 Å². The van der Waals surface area contributed by atoms with E-state index in [0.717, 1.165) is 58.0 Å². The highest BCUT2D eigenvalue weighted by Crippen LogP contribution is 2.50. The average molecular weight is 910 g/mol. The van der Waals surface area contributed by atoms with Crippen LogP contribution in [0.2, 0.25) is 10.0 Å². The molecule has 0 saturated heterocycles. The van der Waals surface area contributed by atoms with E-state index in [1.54, 1.807) is 24.3 Å². The van der Waals surface area contributed by atoms with E-state index < -0.39 is 33.3 Å². The maximum absolute atomic E-state index is 13.2. The van der Waals surface area contributed by atoms with Crippen molar-refractivity contribution in [1.82, 2.24) is 0 Å². The predicted molar refractivity (Wildman–Crippen MR) is 215 cm³/mol. The van der Waals surface area contributed by atoms with Gasteiger partial charge in [-0.05, 0) is 97.1 Å². The van der Waals surface area contributed by atoms with Gasteiger partial charge in [-0.1, -0.05) is 44.8 Å². The topological polar surface area (TPSA) is 123 Å². The van der Waals surface area contributed by atoms with E-state index >= 15 is 0 Å². The average Bonchev–Trinajstić information content (AvgIpc) is 3.20. The van der Waals surface area contributed by atoms with Crippen molar-refractivity contribution in [2.75, 3.05) is 14.2 Å². The zero-order valence-electron chi connectivity index (χ0n) is 30.4. The first-order valence-electron chi connectivity index (χ1n) is 16.7. The zero-order valence-corrected chi connectivity index (χ0v) is 33.5. The molecule has 0 amide bonds. The van der Waals surface area contributed by atoms with Crippen LogP contribution in [-0.2, 0) is 12.4 Å². The molecule has 0 saturated carbocycles. The van der Waals surface area contributed by atoms with Crippen molar-refractivity contribution in [3.63, 3.8) is 0 Å². The van der Waals surface area contributed by atoms with Gasteiger partial charge in [0, 0.05) is 33.1 Å². The maximum atomic E-state index is 13.2. The minimum absolute atomic E-state index is 0.00751. The van der Waals surface area contributed by atoms with Crippen molar-refractivity contribution >= 4 is 56.2 Å². The third kappa shape index (κ3) is 9.95. The lowest BCUT2D eigenvalue weighted by Crippen LogP contribution is -2.04. The van der Waals surface area contributed by atoms with E-state index in [2.05, 4.69) is 0 Å². The fraction of sp³-hybridized carbons (Fsp3) is 0.100. The summed E-state index contributed by atoms with van der Waals surface area (Å²) in [6, 6.07) is 22.0. The lowest BCUT2D eigenvalue weighted by Gasteiger charge is -2.16. The quantitative estimate of drug-likeness (QED) is 0.0479. The summed E-state index contributed by atoms with van der Waals surface area (Å²) in [5.74, 6) is 0.367. The van der Waals surface area contributed by atoms with E-state index in [1.807, 2.05) is 0 Å². The molecular weight excluding hydrogens is 885 g/mol. The van der Waals surface area contributed by atoms with E-state index in [4.69, 9.17) is 42.1 Å². The molecule has 0 radical (unpaired) electrons. The predicted octanol–water partition coefficient (Wildman–Crippen LogP) is 14.6. The van der Waals surface area contributed by atoms with Crippen molar-refractivity contribution in [2.45, 2.75) is 22.1 Å². The van der Waals surface area contributed by atoms with Gasteiger partial charge in [-0.2, -0.15) is 26.3 Å². The van der Waals surface area contributed by atoms with Crippen LogP contribution in [0.3, 0.4) is 0 Å². The molecule has 0 unspecified atom stereocenters. The summed E-state index contributed by atoms with van der Waals surface area (Å²) in [5.41, 5.74) is -2.06. The Kier molecular flexibility index (Phi) is 13.0. The third-order valence-electron chi connectivity index (χ3n) is 8.48. The minimum Gasteiger partial charge on any atom is -0.497 e. The van der Waals surface area contributed by atoms with Gasteiger partial charge in [-0.25, -0.2) is 0 Å². The Bertz CT molecular complexity index is 2450. The Balaban J connectivity index is 1.38. The molecule has 20 heteroatoms. The molecule has 6 aromatic carbocycles. The van der Waals surface area contributed by atoms with Gasteiger partial charge in [0.25, 0.3) is 11.4 Å². The molecule has 10 nitrogen and oxygen atoms in total. The maximum Gasteiger partial charge on any atom is 0.416 e. The van der Waals surface area contributed by atoms with Gasteiger partial charge in [0.2, 0.25) is 0 Å². The van der Waals surface area contributed by atoms with Crippen molar-refractivity contribution < 1.29 is 55.1 Å². The number of nitro benzene ring substituents is 2. The first-order valence-corrected chi connectivity index (χ1v) is 19.6. The summed E-state index contributed by atoms with van der Waals surface area (Å²) in [7, 11) is 5.02. The Hall–Kier alpha value is -5.82. The largest absolute Gasteiger partial charge is 0.497 e. The number of ether oxygens (including phenoxy) is 4. The lowest BCUT2D eigenvalue weighted by molar-refractivity contribution is -0.384. The molecule has 0 N–H and O–H groups in total. The van der Waals surface area contributed by atoms with Gasteiger partial charge in [-0.3, -0.25) is 20.2 Å². The molecule has 0 atom stereocenters. The third-order valence-corrected chi connectivity index (χ3v) is 11.6. The monoisotopic (exact) mass is 908 g/mol. The van der Waals surface area contributed by atoms with Gasteiger partial charge in [-0.15, -0.1) is 0 Å². The summed E-state index contributed by atoms with van der Waals surface area (Å²) in [5, 5.41) is 23.9. The van der Waals surface area contributed by atoms with Gasteiger partial charge in [0.1, 0.15) is 34.5 Å². The Morgan fingerprint density at radius 1 is 0.500 bits per heavy atom. The van der Waals surface area contributed by atoms with Gasteiger partial charge >= 0.3 is 12.4 Å². The number of nitro groups is 2. The minimum atomic E-state index is -4.66. The van der Waals surface area contributed by atoms with Crippen LogP contribution < -0.4 is 18.9 Å². The van der Waals surface area contributed by atoms with Crippen LogP contribution in [0, 0.1) is 20.2 Å². The molecule has 0 aliphatic carbocycles. The molecule has 0 aliphatic rings. The molecule has 6 aromatic rings. The zero-order chi connectivity index (χ0) is 43.5. The second kappa shape index (κ2) is 17.8. The number of methoxy groups -OCH3 is 2. The fourth-order valence-corrected chi connectivity index (χ4v) is 8.40. The highest BCUT2D eigenvalue weighted by molar-refractivity contribution is 8.76. The molecule has 0 aliphatic heterocycles. The summed E-state index contributed by atoms with van der Waals surface area (Å²) < 4.78 is 102. The van der Waals surface area contributed by atoms with Crippen LogP contribution in [0.15, 0.2) is 119 Å². The number of hydrogen-bond acceptors (Lipinski definition) is 10. The summed E-state index contributed by atoms with van der Waals surface area (Å²) in [6.07, 6.45) is -9.32. The summed E-state index contributed by atoms with van der Waals surface area (Å²) in [4.78, 5) is 24.3. The van der Waals surface area contributed by atoms with E-state index in [1.165, 1.54) is 50.6 Å². The summed E-state index contributed by atoms with van der Waals surface area (Å²) >= 11 is 12.2. The van der Waals surface area contributed by atoms with E-state index in [-0.39, 0.29) is 66.7 Å². The first kappa shape index (κ1) is 43.8. The molecular formula is C40H24Cl2F6N2O8S2. The Labute approximate surface area is 353 Å². The number of nitrogens with zero attached hydrogens (tertiary/aromatic N) is 2. The van der Waals surface area contributed by atoms with Crippen molar-refractivity contribution in [3.05, 3.63) is 151 Å². The molecule has 60 heavy (non-hydrogen) atoms. The van der Waals surface area contributed by atoms with E-state index in [9.17, 15) is 46.6 Å². The van der Waals surface area contributed by atoms with Gasteiger partial charge < -0.3 is 18.9 Å². The normalized spacial score (nSPS) is 11.6. The molecule has 310 valence electrons. The first-order chi connectivity index (χ1) is 28.4. The molecule has 0 aromatic heterocycles. The Morgan fingerprint density at radius 2 is 0.850 bits per heavy atom. The van der Waals surface area contributed by atoms with Crippen LogP contribution in [0.5, 0.6) is 34.5 Å². The molecule has 0 heterocycles. The second-order valence-corrected chi connectivity index (χ2v) is 15.3. The highest BCUT2D eigenvalue weighted by Gasteiger charge is 2.32. The van der Waals surface area contributed by atoms with Gasteiger partial charge in [0.05, 0.1) is 56.4 Å². The molecule has 0 spiro atoms. The second-order valence-electron chi connectivity index (χ2n) is 12.3. The molecule has 0 bridgehead atoms. The lowest BCUT2D eigenvalue weighted by atomic mass is 10.0. The van der Waals surface area contributed by atoms with Crippen molar-refractivity contribution in [3.8, 4) is 56.8 Å². The SMILES string of the molecule is COc1ccc(SSc2ccc(OC)cc2-c2cc(Oc3ccc(C(F)(F)F)cc3Cl)ccc2[N+](=O)[O-])c(-c2cc(Oc3ccc(C(F)(F)F)cc3Cl)ccc2[N+](=O)[O-])c1. The number of halogens is 8. The fourth-order valence-electron chi connectivity index (χ4n) is 5.61. The van der Waals surface area contributed by atoms with E-state index in [0.29, 0.717) is 33.4 Å². The number of benzene rings is 6. The molecule has 6 rings (SSSR count). The Morgan fingerprint density at radius 3 is 1.17 bits per heavy atom. The number of alkyl halides is 6. The highest BCUT2D eigenvalue weighted by atomic mass is 35.5.